The lowest BCUT2D eigenvalue weighted by Gasteiger charge is -2.29. The number of benzene rings is 1. The van der Waals surface area contributed by atoms with Gasteiger partial charge in [-0.15, -0.1) is 0 Å². The van der Waals surface area contributed by atoms with Gasteiger partial charge in [-0.05, 0) is 43.5 Å². The second-order valence-corrected chi connectivity index (χ2v) is 7.97. The van der Waals surface area contributed by atoms with Crippen LogP contribution in [0.4, 0.5) is 0 Å². The number of rotatable bonds is 6. The van der Waals surface area contributed by atoms with Gasteiger partial charge in [0, 0.05) is 37.7 Å². The Labute approximate surface area is 165 Å². The van der Waals surface area contributed by atoms with Crippen molar-refractivity contribution >= 4 is 17.7 Å². The van der Waals surface area contributed by atoms with E-state index in [0.717, 1.165) is 42.9 Å². The number of nitrogens with zero attached hydrogens (tertiary/aromatic N) is 2. The largest absolute Gasteiger partial charge is 0.322 e. The van der Waals surface area contributed by atoms with Gasteiger partial charge in [-0.1, -0.05) is 25.1 Å². The molecule has 7 nitrogen and oxygen atoms in total. The Morgan fingerprint density at radius 3 is 2.79 bits per heavy atom. The Bertz CT molecular complexity index is 788. The second-order valence-electron chi connectivity index (χ2n) is 7.97. The molecule has 2 N–H and O–H groups in total. The van der Waals surface area contributed by atoms with Gasteiger partial charge in [-0.3, -0.25) is 24.6 Å². The van der Waals surface area contributed by atoms with Crippen molar-refractivity contribution in [2.24, 2.45) is 0 Å². The lowest BCUT2D eigenvalue weighted by Crippen LogP contribution is -2.52. The Morgan fingerprint density at radius 2 is 2.07 bits per heavy atom. The third kappa shape index (κ3) is 3.69. The van der Waals surface area contributed by atoms with E-state index in [4.69, 9.17) is 0 Å². The van der Waals surface area contributed by atoms with Gasteiger partial charge >= 0.3 is 0 Å². The highest BCUT2D eigenvalue weighted by Crippen LogP contribution is 2.30. The topological polar surface area (TPSA) is 81.8 Å². The molecule has 1 aromatic carbocycles. The number of nitrogens with one attached hydrogen (secondary N) is 2. The first kappa shape index (κ1) is 19.1. The van der Waals surface area contributed by atoms with E-state index in [-0.39, 0.29) is 24.1 Å². The second kappa shape index (κ2) is 8.01. The van der Waals surface area contributed by atoms with Gasteiger partial charge in [0.2, 0.25) is 11.8 Å². The zero-order valence-corrected chi connectivity index (χ0v) is 16.4. The molecular weight excluding hydrogens is 356 g/mol. The van der Waals surface area contributed by atoms with Gasteiger partial charge in [-0.25, -0.2) is 0 Å². The van der Waals surface area contributed by atoms with Crippen LogP contribution in [0.1, 0.15) is 54.1 Å². The maximum absolute atomic E-state index is 13.2. The monoisotopic (exact) mass is 384 g/mol. The van der Waals surface area contributed by atoms with Crippen molar-refractivity contribution in [1.29, 1.82) is 0 Å². The molecule has 0 aromatic heterocycles. The van der Waals surface area contributed by atoms with Crippen LogP contribution in [-0.4, -0.2) is 59.2 Å². The predicted molar refractivity (Wildman–Crippen MR) is 104 cm³/mol. The van der Waals surface area contributed by atoms with Crippen molar-refractivity contribution < 1.29 is 14.4 Å². The third-order valence-corrected chi connectivity index (χ3v) is 6.12. The third-order valence-electron chi connectivity index (χ3n) is 6.12. The number of carbonyl (C=O) groups excluding carboxylic acids is 3. The number of hydrogen-bond donors (Lipinski definition) is 2. The van der Waals surface area contributed by atoms with Crippen LogP contribution in [0.5, 0.6) is 0 Å². The normalized spacial score (nSPS) is 24.8. The molecule has 0 spiro atoms. The summed E-state index contributed by atoms with van der Waals surface area (Å²) in [5.41, 5.74) is 2.74. The standard InChI is InChI=1S/C21H28N4O3/c1-2-24(13-16-7-4-10-22-16)11-14-5-3-6-15-12-25(21(28)19(14)15)17-8-9-18(26)23-20(17)27/h3,5-6,16-17,22H,2,4,7-13H2,1H3,(H,23,26,27). The molecule has 2 fully saturated rings. The van der Waals surface area contributed by atoms with Crippen molar-refractivity contribution in [3.63, 3.8) is 0 Å². The van der Waals surface area contributed by atoms with Crippen LogP contribution in [0.3, 0.4) is 0 Å². The average molecular weight is 384 g/mol. The summed E-state index contributed by atoms with van der Waals surface area (Å²) in [6.45, 7) is 6.30. The maximum Gasteiger partial charge on any atom is 0.255 e. The number of likely N-dealkylation sites (N-methyl/N-ethyl adjacent to an activating group) is 1. The van der Waals surface area contributed by atoms with Gasteiger partial charge in [0.25, 0.3) is 5.91 Å². The van der Waals surface area contributed by atoms with Crippen molar-refractivity contribution in [1.82, 2.24) is 20.4 Å². The van der Waals surface area contributed by atoms with Crippen LogP contribution in [0, 0.1) is 0 Å². The summed E-state index contributed by atoms with van der Waals surface area (Å²) in [6.07, 6.45) is 3.10. The molecule has 2 atom stereocenters. The minimum atomic E-state index is -0.560. The van der Waals surface area contributed by atoms with E-state index < -0.39 is 6.04 Å². The van der Waals surface area contributed by atoms with Gasteiger partial charge in [0.05, 0.1) is 0 Å². The lowest BCUT2D eigenvalue weighted by molar-refractivity contribution is -0.136. The summed E-state index contributed by atoms with van der Waals surface area (Å²) in [5.74, 6) is -0.707. The molecule has 3 aliphatic rings. The molecular formula is C21H28N4O3. The first-order chi connectivity index (χ1) is 13.6. The number of hydrogen-bond acceptors (Lipinski definition) is 5. The lowest BCUT2D eigenvalue weighted by atomic mass is 10.0. The van der Waals surface area contributed by atoms with E-state index in [1.807, 2.05) is 18.2 Å². The van der Waals surface area contributed by atoms with Gasteiger partial charge in [0.1, 0.15) is 6.04 Å². The van der Waals surface area contributed by atoms with Crippen LogP contribution in [0.2, 0.25) is 0 Å². The fourth-order valence-corrected chi connectivity index (χ4v) is 4.59. The maximum atomic E-state index is 13.2. The summed E-state index contributed by atoms with van der Waals surface area (Å²) >= 11 is 0. The fraction of sp³-hybridized carbons (Fsp3) is 0.571. The molecule has 3 heterocycles. The molecule has 0 aliphatic carbocycles. The Hall–Kier alpha value is -2.25. The molecule has 150 valence electrons. The number of carbonyl (C=O) groups is 3. The molecule has 3 aliphatic heterocycles. The Morgan fingerprint density at radius 1 is 1.21 bits per heavy atom. The van der Waals surface area contributed by atoms with Crippen molar-refractivity contribution in [2.45, 2.75) is 57.8 Å². The molecule has 28 heavy (non-hydrogen) atoms. The summed E-state index contributed by atoms with van der Waals surface area (Å²) in [4.78, 5) is 40.9. The minimum Gasteiger partial charge on any atom is -0.322 e. The average Bonchev–Trinajstić information content (AvgIpc) is 3.30. The molecule has 0 bridgehead atoms. The van der Waals surface area contributed by atoms with Crippen LogP contribution in [-0.2, 0) is 22.7 Å². The molecule has 3 amide bonds. The van der Waals surface area contributed by atoms with Gasteiger partial charge < -0.3 is 10.2 Å². The summed E-state index contributed by atoms with van der Waals surface area (Å²) in [7, 11) is 0. The Kier molecular flexibility index (Phi) is 5.46. The van der Waals surface area contributed by atoms with Crippen LogP contribution in [0.25, 0.3) is 0 Å². The van der Waals surface area contributed by atoms with E-state index >= 15 is 0 Å². The molecule has 0 radical (unpaired) electrons. The first-order valence-electron chi connectivity index (χ1n) is 10.3. The van der Waals surface area contributed by atoms with Crippen molar-refractivity contribution in [3.8, 4) is 0 Å². The summed E-state index contributed by atoms with van der Waals surface area (Å²) in [6, 6.07) is 5.95. The zero-order chi connectivity index (χ0) is 19.7. The summed E-state index contributed by atoms with van der Waals surface area (Å²) < 4.78 is 0. The van der Waals surface area contributed by atoms with E-state index in [9.17, 15) is 14.4 Å². The van der Waals surface area contributed by atoms with E-state index in [2.05, 4.69) is 22.5 Å². The minimum absolute atomic E-state index is 0.0878. The number of fused-ring (bicyclic) bond motifs is 1. The van der Waals surface area contributed by atoms with Crippen molar-refractivity contribution in [3.05, 3.63) is 34.9 Å². The molecule has 1 aromatic rings. The van der Waals surface area contributed by atoms with E-state index in [1.54, 1.807) is 4.90 Å². The summed E-state index contributed by atoms with van der Waals surface area (Å²) in [5, 5.41) is 5.90. The SMILES string of the molecule is CCN(Cc1cccc2c1C(=O)N(C1CCC(=O)NC1=O)C2)CC1CCCN1. The Balaban J connectivity index is 1.51. The molecule has 7 heteroatoms. The highest BCUT2D eigenvalue weighted by molar-refractivity contribution is 6.05. The van der Waals surface area contributed by atoms with Crippen LogP contribution < -0.4 is 10.6 Å². The highest BCUT2D eigenvalue weighted by Gasteiger charge is 2.40. The predicted octanol–water partition coefficient (Wildman–Crippen LogP) is 1.02. The quantitative estimate of drug-likeness (QED) is 0.716. The fourth-order valence-electron chi connectivity index (χ4n) is 4.59. The smallest absolute Gasteiger partial charge is 0.255 e. The molecule has 2 unspecified atom stereocenters. The molecule has 0 saturated carbocycles. The van der Waals surface area contributed by atoms with Gasteiger partial charge in [0.15, 0.2) is 0 Å². The highest BCUT2D eigenvalue weighted by atomic mass is 16.2. The molecule has 2 saturated heterocycles. The van der Waals surface area contributed by atoms with Crippen LogP contribution >= 0.6 is 0 Å². The zero-order valence-electron chi connectivity index (χ0n) is 16.4. The molecule has 4 rings (SSSR count). The van der Waals surface area contributed by atoms with Gasteiger partial charge in [-0.2, -0.15) is 0 Å². The first-order valence-corrected chi connectivity index (χ1v) is 10.3. The van der Waals surface area contributed by atoms with E-state index in [0.29, 0.717) is 19.0 Å². The van der Waals surface area contributed by atoms with E-state index in [1.165, 1.54) is 12.8 Å². The number of amides is 3. The van der Waals surface area contributed by atoms with Crippen LogP contribution in [0.15, 0.2) is 18.2 Å². The number of piperidine rings is 1. The number of imide groups is 1. The van der Waals surface area contributed by atoms with Crippen molar-refractivity contribution in [2.75, 3.05) is 19.6 Å².